The van der Waals surface area contributed by atoms with Gasteiger partial charge in [-0.15, -0.1) is 11.3 Å². The van der Waals surface area contributed by atoms with Crippen molar-refractivity contribution in [3.8, 4) is 5.75 Å². The molecule has 3 aromatic rings. The first-order valence-corrected chi connectivity index (χ1v) is 14.9. The zero-order valence-electron chi connectivity index (χ0n) is 23.9. The molecular weight excluding hydrogens is 592 g/mol. The molecule has 2 aliphatic rings. The molecule has 0 bridgehead atoms. The van der Waals surface area contributed by atoms with Gasteiger partial charge in [0, 0.05) is 29.1 Å². The number of thiazole rings is 1. The molecule has 0 unspecified atom stereocenters. The van der Waals surface area contributed by atoms with Crippen LogP contribution in [0.25, 0.3) is 0 Å². The number of aliphatic imine (C=N–C) groups is 1. The third-order valence-electron chi connectivity index (χ3n) is 6.84. The normalized spacial score (nSPS) is 18.7. The SMILES string of the molecule is CC(C)(C)Oc1cc(C(=O)CC(N)=O)ccc1C1=N[C@@H](c2cscn2)[C@@H](c2ccc(Cl)cc2)N1C(=O)N1CCNC(=O)C1. The molecule has 11 nitrogen and oxygen atoms in total. The summed E-state index contributed by atoms with van der Waals surface area (Å²) in [6.45, 7) is 6.10. The number of nitrogens with zero attached hydrogens (tertiary/aromatic N) is 4. The number of amidine groups is 1. The number of primary amides is 1. The molecule has 2 atom stereocenters. The summed E-state index contributed by atoms with van der Waals surface area (Å²) in [5.41, 5.74) is 8.41. The number of urea groups is 1. The molecule has 0 spiro atoms. The van der Waals surface area contributed by atoms with Gasteiger partial charge < -0.3 is 20.7 Å². The van der Waals surface area contributed by atoms with Crippen LogP contribution in [-0.4, -0.2) is 69.5 Å². The fraction of sp³-hybridized carbons (Fsp3) is 0.333. The minimum absolute atomic E-state index is 0.108. The third kappa shape index (κ3) is 6.70. The largest absolute Gasteiger partial charge is 0.487 e. The lowest BCUT2D eigenvalue weighted by Crippen LogP contribution is -2.55. The number of Topliss-reactive ketones (excluding diaryl/α,β-unsaturated/α-hetero) is 1. The Hall–Kier alpha value is -4.29. The second-order valence-electron chi connectivity index (χ2n) is 11.2. The smallest absolute Gasteiger partial charge is 0.326 e. The maximum atomic E-state index is 14.4. The average molecular weight is 623 g/mol. The maximum absolute atomic E-state index is 14.4. The molecule has 1 aromatic heterocycles. The summed E-state index contributed by atoms with van der Waals surface area (Å²) in [6, 6.07) is 10.3. The lowest BCUT2D eigenvalue weighted by atomic mass is 9.97. The van der Waals surface area contributed by atoms with Gasteiger partial charge in [-0.1, -0.05) is 29.8 Å². The fourth-order valence-electron chi connectivity index (χ4n) is 5.04. The molecule has 0 aliphatic carbocycles. The Morgan fingerprint density at radius 1 is 1.16 bits per heavy atom. The van der Waals surface area contributed by atoms with Crippen LogP contribution in [0, 0.1) is 0 Å². The highest BCUT2D eigenvalue weighted by atomic mass is 35.5. The van der Waals surface area contributed by atoms with E-state index in [4.69, 9.17) is 27.1 Å². The Balaban J connectivity index is 1.69. The lowest BCUT2D eigenvalue weighted by Gasteiger charge is -2.35. The van der Waals surface area contributed by atoms with Gasteiger partial charge >= 0.3 is 6.03 Å². The van der Waals surface area contributed by atoms with Gasteiger partial charge in [-0.2, -0.15) is 0 Å². The first kappa shape index (κ1) is 30.2. The number of hydrogen-bond acceptors (Lipinski definition) is 8. The monoisotopic (exact) mass is 622 g/mol. The van der Waals surface area contributed by atoms with Gasteiger partial charge in [0.2, 0.25) is 11.8 Å². The Labute approximate surface area is 257 Å². The number of piperazine rings is 1. The van der Waals surface area contributed by atoms with Crippen LogP contribution in [0.3, 0.4) is 0 Å². The Morgan fingerprint density at radius 3 is 2.53 bits per heavy atom. The summed E-state index contributed by atoms with van der Waals surface area (Å²) in [4.78, 5) is 63.6. The van der Waals surface area contributed by atoms with Crippen LogP contribution in [0.1, 0.15) is 66.5 Å². The average Bonchev–Trinajstić information content (AvgIpc) is 3.60. The minimum Gasteiger partial charge on any atom is -0.487 e. The molecule has 43 heavy (non-hydrogen) atoms. The molecule has 2 aromatic carbocycles. The first-order chi connectivity index (χ1) is 20.4. The van der Waals surface area contributed by atoms with E-state index in [9.17, 15) is 19.2 Å². The molecular formula is C30H31ClN6O5S. The molecule has 0 radical (unpaired) electrons. The second kappa shape index (κ2) is 12.1. The van der Waals surface area contributed by atoms with Crippen LogP contribution in [0.2, 0.25) is 5.02 Å². The van der Waals surface area contributed by atoms with Crippen LogP contribution < -0.4 is 15.8 Å². The van der Waals surface area contributed by atoms with E-state index >= 15 is 0 Å². The Bertz CT molecular complexity index is 1590. The predicted octanol–water partition coefficient (Wildman–Crippen LogP) is 4.13. The Morgan fingerprint density at radius 2 is 1.91 bits per heavy atom. The summed E-state index contributed by atoms with van der Waals surface area (Å²) in [7, 11) is 0. The first-order valence-electron chi connectivity index (χ1n) is 13.6. The number of nitrogens with one attached hydrogen (secondary N) is 1. The standard InChI is InChI=1S/C30H31ClN6O5S/c1-30(2,3)42-23-12-18(22(38)13-24(32)39)6-9-20(23)28-35-26(21-15-43-16-34-21)27(17-4-7-19(31)8-5-17)37(28)29(41)36-11-10-33-25(40)14-36/h4-9,12,15-16,26-27H,10-11,13-14H2,1-3H3,(H2,32,39)(H,33,40)/t26-,27+/m0/s1. The number of halogens is 1. The van der Waals surface area contributed by atoms with E-state index in [1.165, 1.54) is 16.2 Å². The molecule has 5 rings (SSSR count). The Kier molecular flexibility index (Phi) is 8.52. The van der Waals surface area contributed by atoms with Crippen molar-refractivity contribution in [3.63, 3.8) is 0 Å². The number of benzene rings is 2. The quantitative estimate of drug-likeness (QED) is 0.299. The van der Waals surface area contributed by atoms with E-state index in [1.54, 1.807) is 40.7 Å². The molecule has 0 saturated carbocycles. The maximum Gasteiger partial charge on any atom is 0.326 e. The summed E-state index contributed by atoms with van der Waals surface area (Å²) in [6.07, 6.45) is -0.457. The summed E-state index contributed by atoms with van der Waals surface area (Å²) in [5.74, 6) is -0.873. The molecule has 2 aliphatic heterocycles. The van der Waals surface area contributed by atoms with Crippen molar-refractivity contribution in [2.24, 2.45) is 10.7 Å². The van der Waals surface area contributed by atoms with Crippen LogP contribution in [-0.2, 0) is 9.59 Å². The van der Waals surface area contributed by atoms with Crippen molar-refractivity contribution >= 4 is 52.4 Å². The molecule has 224 valence electrons. The van der Waals surface area contributed by atoms with Crippen LogP contribution in [0.5, 0.6) is 5.75 Å². The van der Waals surface area contributed by atoms with E-state index in [1.807, 2.05) is 38.3 Å². The van der Waals surface area contributed by atoms with Gasteiger partial charge in [0.15, 0.2) is 5.78 Å². The van der Waals surface area contributed by atoms with Crippen LogP contribution in [0.4, 0.5) is 4.79 Å². The van der Waals surface area contributed by atoms with Crippen molar-refractivity contribution < 1.29 is 23.9 Å². The predicted molar refractivity (Wildman–Crippen MR) is 162 cm³/mol. The number of aromatic nitrogens is 1. The summed E-state index contributed by atoms with van der Waals surface area (Å²) >= 11 is 7.64. The van der Waals surface area contributed by atoms with Crippen molar-refractivity contribution in [1.29, 1.82) is 0 Å². The van der Waals surface area contributed by atoms with Gasteiger partial charge in [-0.25, -0.2) is 9.78 Å². The molecule has 4 amide bonds. The number of ketones is 1. The van der Waals surface area contributed by atoms with Gasteiger partial charge in [-0.3, -0.25) is 24.3 Å². The number of carbonyl (C=O) groups is 4. The van der Waals surface area contributed by atoms with E-state index in [0.717, 1.165) is 5.56 Å². The number of ether oxygens (including phenoxy) is 1. The van der Waals surface area contributed by atoms with Crippen molar-refractivity contribution in [2.45, 2.75) is 44.9 Å². The number of carbonyl (C=O) groups excluding carboxylic acids is 4. The van der Waals surface area contributed by atoms with Gasteiger partial charge in [0.25, 0.3) is 0 Å². The highest BCUT2D eigenvalue weighted by Gasteiger charge is 2.46. The van der Waals surface area contributed by atoms with E-state index < -0.39 is 41.8 Å². The molecule has 1 fully saturated rings. The number of hydrogen-bond donors (Lipinski definition) is 2. The highest BCUT2D eigenvalue weighted by Crippen LogP contribution is 2.45. The topological polar surface area (TPSA) is 147 Å². The van der Waals surface area contributed by atoms with Crippen LogP contribution in [0.15, 0.2) is 58.3 Å². The van der Waals surface area contributed by atoms with Crippen molar-refractivity contribution in [3.05, 3.63) is 80.8 Å². The lowest BCUT2D eigenvalue weighted by molar-refractivity contribution is -0.123. The van der Waals surface area contributed by atoms with E-state index in [0.29, 0.717) is 41.0 Å². The second-order valence-corrected chi connectivity index (χ2v) is 12.4. The van der Waals surface area contributed by atoms with Crippen molar-refractivity contribution in [1.82, 2.24) is 20.1 Å². The fourth-order valence-corrected chi connectivity index (χ4v) is 5.75. The number of amides is 4. The van der Waals surface area contributed by atoms with Gasteiger partial charge in [0.1, 0.15) is 29.8 Å². The molecule has 13 heteroatoms. The number of rotatable bonds is 7. The third-order valence-corrected chi connectivity index (χ3v) is 7.70. The number of nitrogens with two attached hydrogens (primary N) is 1. The zero-order valence-corrected chi connectivity index (χ0v) is 25.4. The van der Waals surface area contributed by atoms with Crippen molar-refractivity contribution in [2.75, 3.05) is 19.6 Å². The summed E-state index contributed by atoms with van der Waals surface area (Å²) < 4.78 is 6.32. The molecule has 3 N–H and O–H groups in total. The molecule has 3 heterocycles. The zero-order chi connectivity index (χ0) is 30.9. The van der Waals surface area contributed by atoms with E-state index in [2.05, 4.69) is 10.3 Å². The van der Waals surface area contributed by atoms with Gasteiger partial charge in [-0.05, 0) is 50.6 Å². The van der Waals surface area contributed by atoms with E-state index in [-0.39, 0.29) is 18.0 Å². The highest BCUT2D eigenvalue weighted by molar-refractivity contribution is 7.07. The molecule has 1 saturated heterocycles. The summed E-state index contributed by atoms with van der Waals surface area (Å²) in [5, 5.41) is 5.18. The van der Waals surface area contributed by atoms with Gasteiger partial charge in [0.05, 0.1) is 29.2 Å². The minimum atomic E-state index is -0.744. The van der Waals surface area contributed by atoms with Crippen LogP contribution >= 0.6 is 22.9 Å².